The summed E-state index contributed by atoms with van der Waals surface area (Å²) in [5, 5.41) is 2.54. The van der Waals surface area contributed by atoms with Gasteiger partial charge in [-0.2, -0.15) is 0 Å². The number of anilines is 1. The van der Waals surface area contributed by atoms with Crippen LogP contribution < -0.4 is 10.2 Å². The third-order valence-corrected chi connectivity index (χ3v) is 2.77. The first-order valence-corrected chi connectivity index (χ1v) is 5.42. The number of halogens is 1. The van der Waals surface area contributed by atoms with Crippen LogP contribution in [0.5, 0.6) is 0 Å². The van der Waals surface area contributed by atoms with Crippen LogP contribution in [-0.2, 0) is 9.59 Å². The fourth-order valence-corrected chi connectivity index (χ4v) is 2.08. The Labute approximate surface area is 98.4 Å². The Morgan fingerprint density at radius 3 is 2.82 bits per heavy atom. The van der Waals surface area contributed by atoms with E-state index in [4.69, 9.17) is 0 Å². The van der Waals surface area contributed by atoms with Gasteiger partial charge in [0, 0.05) is 24.7 Å². The topological polar surface area (TPSA) is 49.4 Å². The lowest BCUT2D eigenvalue weighted by Crippen LogP contribution is -2.36. The number of amides is 2. The first-order valence-electron chi connectivity index (χ1n) is 5.42. The van der Waals surface area contributed by atoms with Crippen molar-refractivity contribution in [3.05, 3.63) is 29.6 Å². The molecule has 1 N–H and O–H groups in total. The van der Waals surface area contributed by atoms with Gasteiger partial charge in [0.1, 0.15) is 11.9 Å². The Morgan fingerprint density at radius 1 is 1.53 bits per heavy atom. The van der Waals surface area contributed by atoms with Gasteiger partial charge in [0.2, 0.25) is 5.91 Å². The molecular formula is C12H13FN2O2. The van der Waals surface area contributed by atoms with E-state index in [9.17, 15) is 14.0 Å². The van der Waals surface area contributed by atoms with Crippen LogP contribution >= 0.6 is 0 Å². The second kappa shape index (κ2) is 4.16. The molecule has 0 spiro atoms. The highest BCUT2D eigenvalue weighted by atomic mass is 19.1. The number of fused-ring (bicyclic) bond motifs is 1. The molecule has 0 radical (unpaired) electrons. The fourth-order valence-electron chi connectivity index (χ4n) is 2.08. The normalized spacial score (nSPS) is 18.2. The van der Waals surface area contributed by atoms with Crippen molar-refractivity contribution in [2.45, 2.75) is 19.9 Å². The Kier molecular flexibility index (Phi) is 2.83. The van der Waals surface area contributed by atoms with Gasteiger partial charge in [-0.3, -0.25) is 9.59 Å². The molecule has 0 saturated heterocycles. The molecule has 2 amide bonds. The maximum Gasteiger partial charge on any atom is 0.254 e. The van der Waals surface area contributed by atoms with E-state index in [1.807, 2.05) is 6.92 Å². The van der Waals surface area contributed by atoms with E-state index < -0.39 is 11.9 Å². The molecule has 4 nitrogen and oxygen atoms in total. The monoisotopic (exact) mass is 236 g/mol. The van der Waals surface area contributed by atoms with Crippen molar-refractivity contribution in [2.24, 2.45) is 0 Å². The SMILES string of the molecule is CCN1C(=O)[C@@H](NC(C)=O)c2cc(F)ccc21. The molecule has 1 aliphatic heterocycles. The first-order chi connectivity index (χ1) is 8.04. The van der Waals surface area contributed by atoms with Crippen molar-refractivity contribution < 1.29 is 14.0 Å². The summed E-state index contributed by atoms with van der Waals surface area (Å²) in [6.45, 7) is 3.66. The Hall–Kier alpha value is -1.91. The van der Waals surface area contributed by atoms with Gasteiger partial charge >= 0.3 is 0 Å². The number of carbonyl (C=O) groups is 2. The number of hydrogen-bond donors (Lipinski definition) is 1. The van der Waals surface area contributed by atoms with E-state index in [-0.39, 0.29) is 11.8 Å². The van der Waals surface area contributed by atoms with E-state index >= 15 is 0 Å². The average molecular weight is 236 g/mol. The summed E-state index contributed by atoms with van der Waals surface area (Å²) in [4.78, 5) is 24.6. The quantitative estimate of drug-likeness (QED) is 0.843. The van der Waals surface area contributed by atoms with E-state index in [2.05, 4.69) is 5.32 Å². The zero-order valence-electron chi connectivity index (χ0n) is 9.66. The highest BCUT2D eigenvalue weighted by Crippen LogP contribution is 2.35. The van der Waals surface area contributed by atoms with Gasteiger partial charge in [-0.25, -0.2) is 4.39 Å². The van der Waals surface area contributed by atoms with Crippen LogP contribution in [0.4, 0.5) is 10.1 Å². The minimum absolute atomic E-state index is 0.219. The van der Waals surface area contributed by atoms with Crippen LogP contribution in [0.1, 0.15) is 25.5 Å². The summed E-state index contributed by atoms with van der Waals surface area (Å²) in [7, 11) is 0. The van der Waals surface area contributed by atoms with Crippen molar-refractivity contribution >= 4 is 17.5 Å². The lowest BCUT2D eigenvalue weighted by molar-refractivity contribution is -0.126. The smallest absolute Gasteiger partial charge is 0.254 e. The second-order valence-corrected chi connectivity index (χ2v) is 3.92. The third-order valence-electron chi connectivity index (χ3n) is 2.77. The molecule has 5 heteroatoms. The maximum atomic E-state index is 13.2. The molecule has 0 bridgehead atoms. The lowest BCUT2D eigenvalue weighted by Gasteiger charge is -2.15. The molecule has 1 aromatic carbocycles. The summed E-state index contributed by atoms with van der Waals surface area (Å²) in [5.41, 5.74) is 1.18. The minimum Gasteiger partial charge on any atom is -0.341 e. The van der Waals surface area contributed by atoms with E-state index in [0.29, 0.717) is 17.8 Å². The number of carbonyl (C=O) groups excluding carboxylic acids is 2. The number of rotatable bonds is 2. The van der Waals surface area contributed by atoms with Gasteiger partial charge < -0.3 is 10.2 Å². The van der Waals surface area contributed by atoms with E-state index in [1.165, 1.54) is 24.0 Å². The van der Waals surface area contributed by atoms with Crippen LogP contribution in [0.2, 0.25) is 0 Å². The predicted molar refractivity (Wildman–Crippen MR) is 61.0 cm³/mol. The molecule has 17 heavy (non-hydrogen) atoms. The maximum absolute atomic E-state index is 13.2. The molecule has 1 atom stereocenters. The molecule has 90 valence electrons. The summed E-state index contributed by atoms with van der Waals surface area (Å²) in [6, 6.07) is 3.40. The summed E-state index contributed by atoms with van der Waals surface area (Å²) in [6.07, 6.45) is 0. The van der Waals surface area contributed by atoms with E-state index in [1.54, 1.807) is 6.07 Å². The Morgan fingerprint density at radius 2 is 2.24 bits per heavy atom. The lowest BCUT2D eigenvalue weighted by atomic mass is 10.1. The van der Waals surface area contributed by atoms with Crippen molar-refractivity contribution in [3.63, 3.8) is 0 Å². The number of hydrogen-bond acceptors (Lipinski definition) is 2. The Bertz CT molecular complexity index is 487. The number of likely N-dealkylation sites (N-methyl/N-ethyl adjacent to an activating group) is 1. The first kappa shape index (κ1) is 11.6. The molecule has 1 heterocycles. The minimum atomic E-state index is -0.766. The highest BCUT2D eigenvalue weighted by molar-refractivity contribution is 6.06. The zero-order valence-corrected chi connectivity index (χ0v) is 9.66. The number of benzene rings is 1. The van der Waals surface area contributed by atoms with Gasteiger partial charge in [0.15, 0.2) is 0 Å². The van der Waals surface area contributed by atoms with Gasteiger partial charge in [-0.15, -0.1) is 0 Å². The molecular weight excluding hydrogens is 223 g/mol. The molecule has 0 saturated carbocycles. The zero-order chi connectivity index (χ0) is 12.6. The molecule has 2 rings (SSSR count). The van der Waals surface area contributed by atoms with Gasteiger partial charge in [-0.1, -0.05) is 0 Å². The van der Waals surface area contributed by atoms with Crippen molar-refractivity contribution in [1.82, 2.24) is 5.32 Å². The Balaban J connectivity index is 2.47. The molecule has 0 aliphatic carbocycles. The molecule has 1 aliphatic rings. The van der Waals surface area contributed by atoms with E-state index in [0.717, 1.165) is 0 Å². The standard InChI is InChI=1S/C12H13FN2O2/c1-3-15-10-5-4-8(13)6-9(10)11(12(15)17)14-7(2)16/h4-6,11H,3H2,1-2H3,(H,14,16)/t11-/m0/s1. The van der Waals surface area contributed by atoms with Gasteiger partial charge in [-0.05, 0) is 25.1 Å². The largest absolute Gasteiger partial charge is 0.341 e. The molecule has 0 fully saturated rings. The number of nitrogens with zero attached hydrogens (tertiary/aromatic N) is 1. The van der Waals surface area contributed by atoms with Crippen molar-refractivity contribution in [3.8, 4) is 0 Å². The molecule has 1 aromatic rings. The van der Waals surface area contributed by atoms with Crippen LogP contribution in [0.3, 0.4) is 0 Å². The molecule has 0 aromatic heterocycles. The van der Waals surface area contributed by atoms with Crippen molar-refractivity contribution in [2.75, 3.05) is 11.4 Å². The molecule has 0 unspecified atom stereocenters. The average Bonchev–Trinajstić information content (AvgIpc) is 2.51. The van der Waals surface area contributed by atoms with Crippen molar-refractivity contribution in [1.29, 1.82) is 0 Å². The van der Waals surface area contributed by atoms with Gasteiger partial charge in [0.25, 0.3) is 5.91 Å². The summed E-state index contributed by atoms with van der Waals surface area (Å²) < 4.78 is 13.2. The second-order valence-electron chi connectivity index (χ2n) is 3.92. The van der Waals surface area contributed by atoms with Crippen LogP contribution in [0.25, 0.3) is 0 Å². The third kappa shape index (κ3) is 1.88. The predicted octanol–water partition coefficient (Wildman–Crippen LogP) is 1.37. The van der Waals surface area contributed by atoms with Crippen LogP contribution in [0, 0.1) is 5.82 Å². The van der Waals surface area contributed by atoms with Gasteiger partial charge in [0.05, 0.1) is 0 Å². The summed E-state index contributed by atoms with van der Waals surface area (Å²) >= 11 is 0. The van der Waals surface area contributed by atoms with Crippen LogP contribution in [0.15, 0.2) is 18.2 Å². The highest BCUT2D eigenvalue weighted by Gasteiger charge is 2.37. The van der Waals surface area contributed by atoms with Crippen LogP contribution in [-0.4, -0.2) is 18.4 Å². The summed E-state index contributed by atoms with van der Waals surface area (Å²) in [5.74, 6) is -0.940. The fraction of sp³-hybridized carbons (Fsp3) is 0.333. The number of nitrogens with one attached hydrogen (secondary N) is 1.